The Hall–Kier alpha value is -1.43. The number of amides is 1. The topological polar surface area (TPSA) is 54.5 Å². The molecule has 0 aliphatic carbocycles. The van der Waals surface area contributed by atoms with Gasteiger partial charge in [-0.3, -0.25) is 4.79 Å². The minimum atomic E-state index is -3.11. The number of anilines is 1. The van der Waals surface area contributed by atoms with Gasteiger partial charge < -0.3 is 4.90 Å². The molecule has 1 aromatic rings. The number of carbonyl (C=O) groups excluding carboxylic acids is 1. The molecule has 1 unspecified atom stereocenters. The second-order valence-electron chi connectivity index (χ2n) is 4.45. The van der Waals surface area contributed by atoms with Crippen LogP contribution in [-0.2, 0) is 14.6 Å². The van der Waals surface area contributed by atoms with Crippen LogP contribution in [0.15, 0.2) is 24.3 Å². The summed E-state index contributed by atoms with van der Waals surface area (Å²) in [4.78, 5) is 13.3. The molecule has 0 bridgehead atoms. The molecule has 1 aromatic carbocycles. The highest BCUT2D eigenvalue weighted by atomic mass is 32.2. The maximum Gasteiger partial charge on any atom is 0.230 e. The number of nitrogens with zero attached hydrogens (tertiary/aromatic N) is 1. The molecule has 1 aliphatic rings. The second kappa shape index (κ2) is 4.68. The molecule has 1 fully saturated rings. The first-order chi connectivity index (χ1) is 8.41. The van der Waals surface area contributed by atoms with E-state index in [1.165, 1.54) is 30.1 Å². The van der Waals surface area contributed by atoms with Crippen LogP contribution >= 0.6 is 0 Å². The van der Waals surface area contributed by atoms with E-state index in [1.54, 1.807) is 6.07 Å². The van der Waals surface area contributed by atoms with E-state index >= 15 is 0 Å². The zero-order valence-corrected chi connectivity index (χ0v) is 10.8. The van der Waals surface area contributed by atoms with Gasteiger partial charge in [0.05, 0.1) is 23.1 Å². The molecule has 98 valence electrons. The minimum Gasteiger partial charge on any atom is -0.313 e. The number of halogens is 1. The molecule has 0 saturated carbocycles. The Morgan fingerprint density at radius 2 is 2.06 bits per heavy atom. The summed E-state index contributed by atoms with van der Waals surface area (Å²) in [6, 6.07) is 5.94. The van der Waals surface area contributed by atoms with Crippen LogP contribution in [0.2, 0.25) is 0 Å². The first-order valence-corrected chi connectivity index (χ1v) is 7.45. The Balaban J connectivity index is 2.18. The molecule has 0 radical (unpaired) electrons. The van der Waals surface area contributed by atoms with E-state index in [0.29, 0.717) is 6.42 Å². The fraction of sp³-hybridized carbons (Fsp3) is 0.417. The smallest absolute Gasteiger partial charge is 0.230 e. The zero-order valence-electron chi connectivity index (χ0n) is 9.97. The summed E-state index contributed by atoms with van der Waals surface area (Å²) < 4.78 is 36.2. The number of hydrogen-bond donors (Lipinski definition) is 0. The third-order valence-corrected chi connectivity index (χ3v) is 4.89. The van der Waals surface area contributed by atoms with Gasteiger partial charge in [-0.25, -0.2) is 12.8 Å². The van der Waals surface area contributed by atoms with Crippen LogP contribution in [-0.4, -0.2) is 32.9 Å². The van der Waals surface area contributed by atoms with E-state index in [2.05, 4.69) is 0 Å². The molecule has 0 aromatic heterocycles. The molecule has 1 amide bonds. The summed E-state index contributed by atoms with van der Waals surface area (Å²) in [7, 11) is -1.64. The number of sulfone groups is 1. The third-order valence-electron chi connectivity index (χ3n) is 3.13. The van der Waals surface area contributed by atoms with Crippen LogP contribution in [0.4, 0.5) is 10.1 Å². The largest absolute Gasteiger partial charge is 0.313 e. The average Bonchev–Trinajstić information content (AvgIpc) is 2.68. The number of benzene rings is 1. The van der Waals surface area contributed by atoms with E-state index in [4.69, 9.17) is 0 Å². The van der Waals surface area contributed by atoms with Gasteiger partial charge in [0.2, 0.25) is 5.91 Å². The molecule has 0 N–H and O–H groups in total. The van der Waals surface area contributed by atoms with Crippen LogP contribution < -0.4 is 4.90 Å². The lowest BCUT2D eigenvalue weighted by molar-refractivity contribution is -0.121. The van der Waals surface area contributed by atoms with Crippen molar-refractivity contribution in [2.75, 3.05) is 23.5 Å². The molecule has 1 heterocycles. The summed E-state index contributed by atoms with van der Waals surface area (Å²) in [6.45, 7) is 0. The molecule has 2 rings (SSSR count). The van der Waals surface area contributed by atoms with Crippen LogP contribution in [0, 0.1) is 11.7 Å². The molecule has 6 heteroatoms. The first-order valence-electron chi connectivity index (χ1n) is 5.63. The fourth-order valence-corrected chi connectivity index (χ4v) is 3.84. The van der Waals surface area contributed by atoms with Gasteiger partial charge in [-0.05, 0) is 18.6 Å². The van der Waals surface area contributed by atoms with E-state index in [0.717, 1.165) is 0 Å². The molecule has 18 heavy (non-hydrogen) atoms. The zero-order chi connectivity index (χ0) is 13.3. The lowest BCUT2D eigenvalue weighted by atomic mass is 10.1. The molecule has 1 atom stereocenters. The second-order valence-corrected chi connectivity index (χ2v) is 6.68. The summed E-state index contributed by atoms with van der Waals surface area (Å²) in [5, 5.41) is 0. The van der Waals surface area contributed by atoms with Gasteiger partial charge in [0, 0.05) is 7.05 Å². The number of hydrogen-bond acceptors (Lipinski definition) is 3. The van der Waals surface area contributed by atoms with Crippen molar-refractivity contribution in [2.24, 2.45) is 5.92 Å². The quantitative estimate of drug-likeness (QED) is 0.812. The highest BCUT2D eigenvalue weighted by molar-refractivity contribution is 7.91. The van der Waals surface area contributed by atoms with Crippen molar-refractivity contribution in [3.63, 3.8) is 0 Å². The Bertz CT molecular complexity index is 570. The van der Waals surface area contributed by atoms with Crippen molar-refractivity contribution in [1.29, 1.82) is 0 Å². The number of para-hydroxylation sites is 1. The van der Waals surface area contributed by atoms with Crippen molar-refractivity contribution >= 4 is 21.4 Å². The van der Waals surface area contributed by atoms with Crippen molar-refractivity contribution in [3.05, 3.63) is 30.1 Å². The van der Waals surface area contributed by atoms with E-state index in [-0.39, 0.29) is 23.1 Å². The van der Waals surface area contributed by atoms with Gasteiger partial charge in [-0.1, -0.05) is 12.1 Å². The van der Waals surface area contributed by atoms with Gasteiger partial charge in [-0.15, -0.1) is 0 Å². The van der Waals surface area contributed by atoms with Crippen LogP contribution in [0.25, 0.3) is 0 Å². The molecular formula is C12H14FNO3S. The van der Waals surface area contributed by atoms with Crippen LogP contribution in [0.5, 0.6) is 0 Å². The molecule has 0 spiro atoms. The molecule has 4 nitrogen and oxygen atoms in total. The standard InChI is InChI=1S/C12H14FNO3S/c1-14(11-5-3-2-4-10(11)13)12(15)9-6-7-18(16,17)8-9/h2-5,9H,6-8H2,1H3. The Kier molecular flexibility index (Phi) is 3.38. The summed E-state index contributed by atoms with van der Waals surface area (Å²) in [5.41, 5.74) is 0.173. The Labute approximate surface area is 105 Å². The van der Waals surface area contributed by atoms with Crippen molar-refractivity contribution in [2.45, 2.75) is 6.42 Å². The molecular weight excluding hydrogens is 257 g/mol. The number of rotatable bonds is 2. The van der Waals surface area contributed by atoms with Gasteiger partial charge >= 0.3 is 0 Å². The maximum absolute atomic E-state index is 13.5. The van der Waals surface area contributed by atoms with E-state index in [1.807, 2.05) is 0 Å². The monoisotopic (exact) mass is 271 g/mol. The highest BCUT2D eigenvalue weighted by Gasteiger charge is 2.35. The fourth-order valence-electron chi connectivity index (χ4n) is 2.11. The summed E-state index contributed by atoms with van der Waals surface area (Å²) in [5.74, 6) is -1.49. The lowest BCUT2D eigenvalue weighted by Crippen LogP contribution is -2.34. The third kappa shape index (κ3) is 2.53. The Morgan fingerprint density at radius 1 is 1.39 bits per heavy atom. The number of carbonyl (C=O) groups is 1. The average molecular weight is 271 g/mol. The molecule has 1 aliphatic heterocycles. The minimum absolute atomic E-state index is 0.0362. The van der Waals surface area contributed by atoms with Crippen LogP contribution in [0.3, 0.4) is 0 Å². The predicted octanol–water partition coefficient (Wildman–Crippen LogP) is 1.22. The summed E-state index contributed by atoms with van der Waals surface area (Å²) >= 11 is 0. The highest BCUT2D eigenvalue weighted by Crippen LogP contribution is 2.24. The van der Waals surface area contributed by atoms with Crippen molar-refractivity contribution < 1.29 is 17.6 Å². The lowest BCUT2D eigenvalue weighted by Gasteiger charge is -2.20. The van der Waals surface area contributed by atoms with Gasteiger partial charge in [0.1, 0.15) is 5.82 Å². The summed E-state index contributed by atoms with van der Waals surface area (Å²) in [6.07, 6.45) is 0.319. The van der Waals surface area contributed by atoms with E-state index in [9.17, 15) is 17.6 Å². The van der Waals surface area contributed by atoms with Gasteiger partial charge in [0.25, 0.3) is 0 Å². The predicted molar refractivity (Wildman–Crippen MR) is 66.6 cm³/mol. The SMILES string of the molecule is CN(C(=O)C1CCS(=O)(=O)C1)c1ccccc1F. The van der Waals surface area contributed by atoms with Crippen LogP contribution in [0.1, 0.15) is 6.42 Å². The Morgan fingerprint density at radius 3 is 2.61 bits per heavy atom. The van der Waals surface area contributed by atoms with Gasteiger partial charge in [-0.2, -0.15) is 0 Å². The maximum atomic E-state index is 13.5. The van der Waals surface area contributed by atoms with Gasteiger partial charge in [0.15, 0.2) is 9.84 Å². The normalized spacial score (nSPS) is 21.8. The van der Waals surface area contributed by atoms with Crippen molar-refractivity contribution in [3.8, 4) is 0 Å². The molecule has 1 saturated heterocycles. The van der Waals surface area contributed by atoms with Crippen molar-refractivity contribution in [1.82, 2.24) is 0 Å². The van der Waals surface area contributed by atoms with E-state index < -0.39 is 21.6 Å². The first kappa shape index (κ1) is 13.0.